The van der Waals surface area contributed by atoms with Gasteiger partial charge in [-0.05, 0) is 0 Å². The zero-order valence-electron chi connectivity index (χ0n) is 7.90. The van der Waals surface area contributed by atoms with Crippen LogP contribution in [0, 0.1) is 0 Å². The van der Waals surface area contributed by atoms with E-state index in [1.165, 1.54) is 0 Å². The van der Waals surface area contributed by atoms with Gasteiger partial charge in [-0.2, -0.15) is 0 Å². The van der Waals surface area contributed by atoms with Crippen molar-refractivity contribution in [1.29, 1.82) is 0 Å². The Kier molecular flexibility index (Phi) is 6.43. The predicted octanol–water partition coefficient (Wildman–Crippen LogP) is -5.35. The van der Waals surface area contributed by atoms with Crippen molar-refractivity contribution < 1.29 is 34.7 Å². The molecule has 8 N–H and O–H groups in total. The molecule has 0 unspecified atom stereocenters. The summed E-state index contributed by atoms with van der Waals surface area (Å²) >= 11 is 0. The van der Waals surface area contributed by atoms with Crippen molar-refractivity contribution in [3.8, 4) is 0 Å². The Bertz CT molecular complexity index is 208. The minimum absolute atomic E-state index is 0. The van der Waals surface area contributed by atoms with Crippen LogP contribution in [0.4, 0.5) is 14.4 Å². The quantitative estimate of drug-likeness (QED) is 0.188. The summed E-state index contributed by atoms with van der Waals surface area (Å²) < 4.78 is 0. The number of hydrogen-bond donors (Lipinski definition) is 5. The first-order valence-electron chi connectivity index (χ1n) is 2.65. The first-order valence-corrected chi connectivity index (χ1v) is 2.65. The number of hydrogen-bond acceptors (Lipinski definition) is 3. The van der Waals surface area contributed by atoms with E-state index in [-0.39, 0.29) is 25.4 Å². The molecule has 0 atom stereocenters. The van der Waals surface area contributed by atoms with Crippen LogP contribution < -0.4 is 46.9 Å². The van der Waals surface area contributed by atoms with Crippen LogP contribution in [-0.4, -0.2) is 23.2 Å². The van der Waals surface area contributed by atoms with Crippen LogP contribution in [0.2, 0.25) is 0 Å². The molecule has 0 aromatic rings. The fourth-order valence-electron chi connectivity index (χ4n) is 0.359. The molecule has 0 radical (unpaired) electrons. The van der Waals surface area contributed by atoms with E-state index in [0.717, 1.165) is 0 Å². The summed E-state index contributed by atoms with van der Waals surface area (Å²) in [5.74, 6) is 0. The standard InChI is InChI=1S/C3H8N6O3.Li.H/c4-1(10)7-9(3(6)12)8-2(5)11;;/h(H2,6,12)(H3,4,7,10)(H3,5,8,11);;/q;+1;-1. The van der Waals surface area contributed by atoms with Gasteiger partial charge < -0.3 is 18.6 Å². The summed E-state index contributed by atoms with van der Waals surface area (Å²) in [6.45, 7) is 0. The maximum atomic E-state index is 10.4. The third-order valence-electron chi connectivity index (χ3n) is 0.664. The molecule has 0 fully saturated rings. The van der Waals surface area contributed by atoms with E-state index < -0.39 is 18.1 Å². The monoisotopic (exact) mass is 184 g/mol. The molecule has 0 spiro atoms. The molecule has 13 heavy (non-hydrogen) atoms. The number of nitrogens with zero attached hydrogens (tertiary/aromatic N) is 1. The summed E-state index contributed by atoms with van der Waals surface area (Å²) in [7, 11) is 0. The van der Waals surface area contributed by atoms with Crippen LogP contribution in [0.5, 0.6) is 0 Å². The third kappa shape index (κ3) is 6.79. The van der Waals surface area contributed by atoms with Crippen LogP contribution in [0.3, 0.4) is 0 Å². The summed E-state index contributed by atoms with van der Waals surface area (Å²) in [6.07, 6.45) is 0. The number of amides is 6. The molecular weight excluding hydrogens is 175 g/mol. The van der Waals surface area contributed by atoms with Gasteiger partial charge in [0.2, 0.25) is 0 Å². The average Bonchev–Trinajstić information content (AvgIpc) is 1.83. The van der Waals surface area contributed by atoms with E-state index in [4.69, 9.17) is 0 Å². The summed E-state index contributed by atoms with van der Waals surface area (Å²) in [5.41, 5.74) is 17.3. The van der Waals surface area contributed by atoms with Crippen LogP contribution in [0.1, 0.15) is 1.43 Å². The van der Waals surface area contributed by atoms with Gasteiger partial charge in [0.25, 0.3) is 0 Å². The molecule has 70 valence electrons. The molecule has 0 aliphatic rings. The Hall–Kier alpha value is -1.59. The van der Waals surface area contributed by atoms with Gasteiger partial charge in [-0.25, -0.2) is 25.2 Å². The Balaban J connectivity index is -0.000000605. The van der Waals surface area contributed by atoms with Crippen LogP contribution in [-0.2, 0) is 0 Å². The van der Waals surface area contributed by atoms with Crippen LogP contribution >= 0.6 is 0 Å². The number of carbonyl (C=O) groups is 3. The summed E-state index contributed by atoms with van der Waals surface area (Å²) in [5, 5.41) is 0.255. The number of nitrogens with two attached hydrogens (primary N) is 3. The van der Waals surface area contributed by atoms with Crippen LogP contribution in [0.15, 0.2) is 0 Å². The van der Waals surface area contributed by atoms with E-state index in [2.05, 4.69) is 17.2 Å². The molecule has 9 nitrogen and oxygen atoms in total. The largest absolute Gasteiger partial charge is 1.00 e. The Morgan fingerprint density at radius 2 is 1.31 bits per heavy atom. The van der Waals surface area contributed by atoms with E-state index >= 15 is 0 Å². The van der Waals surface area contributed by atoms with Crippen molar-refractivity contribution in [3.05, 3.63) is 0 Å². The zero-order chi connectivity index (χ0) is 9.72. The van der Waals surface area contributed by atoms with Crippen molar-refractivity contribution in [1.82, 2.24) is 16.0 Å². The van der Waals surface area contributed by atoms with Gasteiger partial charge in [-0.3, -0.25) is 0 Å². The van der Waals surface area contributed by atoms with Crippen molar-refractivity contribution in [3.63, 3.8) is 0 Å². The molecule has 6 amide bonds. The Morgan fingerprint density at radius 1 is 1.00 bits per heavy atom. The number of carbonyl (C=O) groups excluding carboxylic acids is 3. The summed E-state index contributed by atoms with van der Waals surface area (Å²) in [4.78, 5) is 30.7. The maximum Gasteiger partial charge on any atom is 1.00 e. The number of primary amides is 3. The molecule has 0 saturated heterocycles. The van der Waals surface area contributed by atoms with E-state index in [1.807, 2.05) is 0 Å². The molecular formula is C3H9LiN6O3. The molecule has 10 heteroatoms. The molecule has 0 bridgehead atoms. The first-order chi connectivity index (χ1) is 5.43. The smallest absolute Gasteiger partial charge is 1.00 e. The number of hydrazine groups is 2. The van der Waals surface area contributed by atoms with Gasteiger partial charge in [0, 0.05) is 0 Å². The molecule has 0 rings (SSSR count). The topological polar surface area (TPSA) is 157 Å². The predicted molar refractivity (Wildman–Crippen MR) is 38.0 cm³/mol. The molecule has 0 aromatic heterocycles. The maximum absolute atomic E-state index is 10.4. The number of rotatable bonds is 0. The van der Waals surface area contributed by atoms with Crippen LogP contribution in [0.25, 0.3) is 0 Å². The number of urea groups is 3. The normalized spacial score (nSPS) is 7.69. The van der Waals surface area contributed by atoms with Gasteiger partial charge in [0.05, 0.1) is 0 Å². The van der Waals surface area contributed by atoms with Crippen molar-refractivity contribution in [2.75, 3.05) is 0 Å². The Morgan fingerprint density at radius 3 is 1.46 bits per heavy atom. The van der Waals surface area contributed by atoms with Gasteiger partial charge in [-0.15, -0.1) is 5.12 Å². The Labute approximate surface area is 86.6 Å². The van der Waals surface area contributed by atoms with E-state index in [9.17, 15) is 14.4 Å². The molecule has 0 saturated carbocycles. The fraction of sp³-hybridized carbons (Fsp3) is 0. The average molecular weight is 184 g/mol. The van der Waals surface area contributed by atoms with E-state index in [1.54, 1.807) is 10.9 Å². The second-order valence-electron chi connectivity index (χ2n) is 1.63. The minimum atomic E-state index is -1.13. The molecule has 0 aliphatic carbocycles. The third-order valence-corrected chi connectivity index (χ3v) is 0.664. The summed E-state index contributed by atoms with van der Waals surface area (Å²) in [6, 6.07) is -3.27. The van der Waals surface area contributed by atoms with Crippen molar-refractivity contribution in [2.45, 2.75) is 0 Å². The van der Waals surface area contributed by atoms with Crippen molar-refractivity contribution >= 4 is 18.1 Å². The van der Waals surface area contributed by atoms with Crippen molar-refractivity contribution in [2.24, 2.45) is 17.2 Å². The van der Waals surface area contributed by atoms with E-state index in [0.29, 0.717) is 0 Å². The number of nitrogens with one attached hydrogen (secondary N) is 2. The second-order valence-corrected chi connectivity index (χ2v) is 1.63. The molecule has 0 heterocycles. The van der Waals surface area contributed by atoms with Gasteiger partial charge in [0.1, 0.15) is 0 Å². The first kappa shape index (κ1) is 14.0. The van der Waals surface area contributed by atoms with Gasteiger partial charge in [0.15, 0.2) is 0 Å². The molecule has 0 aliphatic heterocycles. The fourth-order valence-corrected chi connectivity index (χ4v) is 0.359. The SMILES string of the molecule is NC(=O)NN(NC(N)=O)C(N)=O.[H-].[Li+]. The zero-order valence-corrected chi connectivity index (χ0v) is 6.90. The second kappa shape index (κ2) is 5.98. The van der Waals surface area contributed by atoms with Gasteiger partial charge >= 0.3 is 37.0 Å². The minimum Gasteiger partial charge on any atom is -1.00 e. The van der Waals surface area contributed by atoms with Gasteiger partial charge in [-0.1, -0.05) is 0 Å². The molecule has 0 aromatic carbocycles.